The normalized spacial score (nSPS) is 10.9. The van der Waals surface area contributed by atoms with Crippen LogP contribution < -0.4 is 4.74 Å². The van der Waals surface area contributed by atoms with Crippen molar-refractivity contribution in [3.05, 3.63) is 51.2 Å². The van der Waals surface area contributed by atoms with Crippen LogP contribution in [0.4, 0.5) is 0 Å². The Balaban J connectivity index is 2.29. The first-order valence-electron chi connectivity index (χ1n) is 5.84. The van der Waals surface area contributed by atoms with Crippen LogP contribution in [0.15, 0.2) is 36.4 Å². The third-order valence-corrected chi connectivity index (χ3v) is 3.87. The zero-order chi connectivity index (χ0) is 14.3. The number of methoxy groups -OCH3 is 1. The maximum atomic E-state index is 6.05. The van der Waals surface area contributed by atoms with Crippen LogP contribution in [0.3, 0.4) is 0 Å². The first-order chi connectivity index (χ1) is 9.60. The molecule has 3 rings (SSSR count). The van der Waals surface area contributed by atoms with Gasteiger partial charge in [-0.1, -0.05) is 23.2 Å². The zero-order valence-corrected chi connectivity index (χ0v) is 12.8. The van der Waals surface area contributed by atoms with Crippen molar-refractivity contribution in [3.8, 4) is 11.4 Å². The lowest BCUT2D eigenvalue weighted by molar-refractivity contribution is 0.415. The van der Waals surface area contributed by atoms with Crippen LogP contribution in [0.25, 0.3) is 16.7 Å². The van der Waals surface area contributed by atoms with E-state index in [0.29, 0.717) is 20.6 Å². The zero-order valence-electron chi connectivity index (χ0n) is 10.5. The van der Waals surface area contributed by atoms with E-state index in [4.69, 9.17) is 40.2 Å². The van der Waals surface area contributed by atoms with E-state index in [9.17, 15) is 0 Å². The molecule has 20 heavy (non-hydrogen) atoms. The maximum absolute atomic E-state index is 6.05. The van der Waals surface area contributed by atoms with Crippen LogP contribution in [0.2, 0.25) is 10.0 Å². The average molecular weight is 325 g/mol. The third kappa shape index (κ3) is 2.20. The Morgan fingerprint density at radius 2 is 1.95 bits per heavy atom. The van der Waals surface area contributed by atoms with Gasteiger partial charge in [-0.15, -0.1) is 0 Å². The molecule has 0 bridgehead atoms. The summed E-state index contributed by atoms with van der Waals surface area (Å²) in [6.07, 6.45) is 0. The number of rotatable bonds is 2. The Morgan fingerprint density at radius 1 is 1.15 bits per heavy atom. The van der Waals surface area contributed by atoms with E-state index in [1.165, 1.54) is 0 Å². The molecule has 2 aromatic carbocycles. The molecule has 0 saturated heterocycles. The number of ether oxygens (including phenoxy) is 1. The summed E-state index contributed by atoms with van der Waals surface area (Å²) in [5, 5.41) is 1.22. The molecule has 0 aliphatic rings. The summed E-state index contributed by atoms with van der Waals surface area (Å²) >= 11 is 17.4. The summed E-state index contributed by atoms with van der Waals surface area (Å²) in [6.45, 7) is 0. The van der Waals surface area contributed by atoms with Gasteiger partial charge in [-0.25, -0.2) is 0 Å². The molecule has 0 radical (unpaired) electrons. The van der Waals surface area contributed by atoms with Crippen LogP contribution in [0.5, 0.6) is 5.75 Å². The predicted molar refractivity (Wildman–Crippen MR) is 85.0 cm³/mol. The number of nitrogens with one attached hydrogen (secondary N) is 1. The van der Waals surface area contributed by atoms with Gasteiger partial charge in [0.25, 0.3) is 0 Å². The molecule has 1 N–H and O–H groups in total. The van der Waals surface area contributed by atoms with Crippen LogP contribution >= 0.6 is 35.4 Å². The lowest BCUT2D eigenvalue weighted by atomic mass is 10.2. The number of benzene rings is 2. The van der Waals surface area contributed by atoms with Gasteiger partial charge in [-0.2, -0.15) is 0 Å². The Labute approximate surface area is 130 Å². The Kier molecular flexibility index (Phi) is 3.46. The molecule has 1 heterocycles. The minimum absolute atomic E-state index is 0.561. The van der Waals surface area contributed by atoms with Crippen molar-refractivity contribution >= 4 is 46.5 Å². The summed E-state index contributed by atoms with van der Waals surface area (Å²) in [7, 11) is 1.58. The molecule has 3 aromatic rings. The summed E-state index contributed by atoms with van der Waals surface area (Å²) in [4.78, 5) is 3.14. The highest BCUT2D eigenvalue weighted by molar-refractivity contribution is 7.71. The maximum Gasteiger partial charge on any atom is 0.182 e. The monoisotopic (exact) mass is 324 g/mol. The van der Waals surface area contributed by atoms with E-state index >= 15 is 0 Å². The lowest BCUT2D eigenvalue weighted by Gasteiger charge is -2.08. The number of aromatic nitrogens is 2. The fourth-order valence-corrected chi connectivity index (χ4v) is 2.81. The second-order valence-electron chi connectivity index (χ2n) is 4.25. The summed E-state index contributed by atoms with van der Waals surface area (Å²) < 4.78 is 7.75. The van der Waals surface area contributed by atoms with Gasteiger partial charge < -0.3 is 9.72 Å². The number of halogens is 2. The van der Waals surface area contributed by atoms with Gasteiger partial charge in [-0.05, 0) is 42.5 Å². The van der Waals surface area contributed by atoms with Gasteiger partial charge in [0.15, 0.2) is 4.77 Å². The van der Waals surface area contributed by atoms with Crippen molar-refractivity contribution in [2.24, 2.45) is 0 Å². The van der Waals surface area contributed by atoms with Crippen molar-refractivity contribution in [2.45, 2.75) is 0 Å². The minimum Gasteiger partial charge on any atom is -0.495 e. The van der Waals surface area contributed by atoms with Crippen LogP contribution in [0, 0.1) is 4.77 Å². The number of fused-ring (bicyclic) bond motifs is 1. The van der Waals surface area contributed by atoms with E-state index in [1.54, 1.807) is 13.2 Å². The summed E-state index contributed by atoms with van der Waals surface area (Å²) in [5.41, 5.74) is 2.71. The molecule has 102 valence electrons. The lowest BCUT2D eigenvalue weighted by Crippen LogP contribution is -1.95. The second kappa shape index (κ2) is 5.13. The van der Waals surface area contributed by atoms with Gasteiger partial charge >= 0.3 is 0 Å². The molecule has 1 aromatic heterocycles. The third-order valence-electron chi connectivity index (χ3n) is 3.04. The molecule has 0 aliphatic carbocycles. The first-order valence-corrected chi connectivity index (χ1v) is 7.01. The quantitative estimate of drug-likeness (QED) is 0.672. The van der Waals surface area contributed by atoms with Gasteiger partial charge in [0.05, 0.1) is 28.9 Å². The van der Waals surface area contributed by atoms with Crippen LogP contribution in [-0.2, 0) is 0 Å². The molecular weight excluding hydrogens is 315 g/mol. The molecule has 0 aliphatic heterocycles. The van der Waals surface area contributed by atoms with Gasteiger partial charge in [-0.3, -0.25) is 4.57 Å². The van der Waals surface area contributed by atoms with Crippen molar-refractivity contribution in [1.82, 2.24) is 9.55 Å². The number of H-pyrrole nitrogens is 1. The number of imidazole rings is 1. The van der Waals surface area contributed by atoms with Gasteiger partial charge in [0.1, 0.15) is 5.75 Å². The molecule has 0 fully saturated rings. The SMILES string of the molecule is COc1cc(-n2c(=S)[nH]c3cc(Cl)ccc32)ccc1Cl. The van der Waals surface area contributed by atoms with E-state index in [2.05, 4.69) is 4.98 Å². The highest BCUT2D eigenvalue weighted by Gasteiger charge is 2.09. The number of aromatic amines is 1. The molecule has 0 unspecified atom stereocenters. The number of hydrogen-bond donors (Lipinski definition) is 1. The van der Waals surface area contributed by atoms with Crippen molar-refractivity contribution in [1.29, 1.82) is 0 Å². The van der Waals surface area contributed by atoms with E-state index in [-0.39, 0.29) is 0 Å². The predicted octanol–water partition coefficient (Wildman–Crippen LogP) is 5.00. The molecule has 0 saturated carbocycles. The number of nitrogens with zero attached hydrogens (tertiary/aromatic N) is 1. The summed E-state index contributed by atoms with van der Waals surface area (Å²) in [6, 6.07) is 11.1. The number of hydrogen-bond acceptors (Lipinski definition) is 2. The van der Waals surface area contributed by atoms with Crippen molar-refractivity contribution in [3.63, 3.8) is 0 Å². The topological polar surface area (TPSA) is 29.9 Å². The van der Waals surface area contributed by atoms with Crippen LogP contribution in [0.1, 0.15) is 0 Å². The second-order valence-corrected chi connectivity index (χ2v) is 5.48. The Bertz CT molecular complexity index is 854. The fourth-order valence-electron chi connectivity index (χ4n) is 2.13. The Morgan fingerprint density at radius 3 is 2.70 bits per heavy atom. The molecular formula is C14H10Cl2N2OS. The highest BCUT2D eigenvalue weighted by Crippen LogP contribution is 2.29. The van der Waals surface area contributed by atoms with Crippen LogP contribution in [-0.4, -0.2) is 16.7 Å². The van der Waals surface area contributed by atoms with E-state index in [1.807, 2.05) is 34.9 Å². The highest BCUT2D eigenvalue weighted by atomic mass is 35.5. The largest absolute Gasteiger partial charge is 0.495 e. The molecule has 3 nitrogen and oxygen atoms in total. The smallest absolute Gasteiger partial charge is 0.182 e. The van der Waals surface area contributed by atoms with E-state index < -0.39 is 0 Å². The first kappa shape index (κ1) is 13.5. The van der Waals surface area contributed by atoms with Crippen molar-refractivity contribution < 1.29 is 4.74 Å². The standard InChI is InChI=1S/C14H10Cl2N2OS/c1-19-13-7-9(3-4-10(13)16)18-12-5-2-8(15)6-11(12)17-14(18)20/h2-7H,1H3,(H,17,20). The molecule has 0 atom stereocenters. The van der Waals surface area contributed by atoms with Crippen molar-refractivity contribution in [2.75, 3.05) is 7.11 Å². The summed E-state index contributed by atoms with van der Waals surface area (Å²) in [5.74, 6) is 0.606. The Hall–Kier alpha value is -1.49. The molecule has 6 heteroatoms. The van der Waals surface area contributed by atoms with Gasteiger partial charge in [0.2, 0.25) is 0 Å². The average Bonchev–Trinajstić information content (AvgIpc) is 2.74. The fraction of sp³-hybridized carbons (Fsp3) is 0.0714. The van der Waals surface area contributed by atoms with Gasteiger partial charge in [0, 0.05) is 11.1 Å². The minimum atomic E-state index is 0.561. The molecule has 0 spiro atoms. The molecule has 0 amide bonds. The van der Waals surface area contributed by atoms with E-state index in [0.717, 1.165) is 16.7 Å².